The second-order valence-electron chi connectivity index (χ2n) is 9.47. The summed E-state index contributed by atoms with van der Waals surface area (Å²) in [4.78, 5) is 22.4. The first kappa shape index (κ1) is 23.9. The number of aromatic nitrogens is 3. The van der Waals surface area contributed by atoms with Crippen molar-refractivity contribution in [3.8, 4) is 11.1 Å². The van der Waals surface area contributed by atoms with E-state index in [1.807, 2.05) is 37.3 Å². The maximum absolute atomic E-state index is 13.6. The number of fused-ring (bicyclic) bond motifs is 2. The van der Waals surface area contributed by atoms with Crippen LogP contribution in [0.15, 0.2) is 84.1 Å². The van der Waals surface area contributed by atoms with Gasteiger partial charge in [0.15, 0.2) is 5.65 Å². The Bertz CT molecular complexity index is 1800. The van der Waals surface area contributed by atoms with Crippen molar-refractivity contribution < 1.29 is 18.3 Å². The van der Waals surface area contributed by atoms with Gasteiger partial charge in [-0.25, -0.2) is 22.2 Å². The lowest BCUT2D eigenvalue weighted by Crippen LogP contribution is -2.36. The van der Waals surface area contributed by atoms with Crippen molar-refractivity contribution in [2.75, 3.05) is 18.0 Å². The summed E-state index contributed by atoms with van der Waals surface area (Å²) >= 11 is 0. The van der Waals surface area contributed by atoms with Crippen LogP contribution in [0.2, 0.25) is 0 Å². The number of amides is 1. The Morgan fingerprint density at radius 2 is 1.84 bits per heavy atom. The summed E-state index contributed by atoms with van der Waals surface area (Å²) in [5, 5.41) is 13.3. The predicted octanol–water partition coefficient (Wildman–Crippen LogP) is 4.64. The predicted molar refractivity (Wildman–Crippen MR) is 146 cm³/mol. The van der Waals surface area contributed by atoms with Gasteiger partial charge in [0.05, 0.1) is 16.5 Å². The van der Waals surface area contributed by atoms with Crippen molar-refractivity contribution in [1.29, 1.82) is 0 Å². The Morgan fingerprint density at radius 1 is 1.03 bits per heavy atom. The molecule has 0 spiro atoms. The highest BCUT2D eigenvalue weighted by Gasteiger charge is 2.26. The molecule has 0 unspecified atom stereocenters. The molecular formula is C28H25N5O4S. The van der Waals surface area contributed by atoms with Crippen LogP contribution < -0.4 is 10.2 Å². The van der Waals surface area contributed by atoms with Crippen LogP contribution in [0.4, 0.5) is 10.5 Å². The molecule has 0 bridgehead atoms. The average Bonchev–Trinajstić information content (AvgIpc) is 3.53. The molecule has 1 atom stereocenters. The second kappa shape index (κ2) is 9.14. The fourth-order valence-corrected chi connectivity index (χ4v) is 6.44. The summed E-state index contributed by atoms with van der Waals surface area (Å²) in [7, 11) is -3.87. The lowest BCUT2D eigenvalue weighted by atomic mass is 10.0. The first-order valence-electron chi connectivity index (χ1n) is 12.2. The van der Waals surface area contributed by atoms with Crippen molar-refractivity contribution in [2.45, 2.75) is 24.3 Å². The maximum Gasteiger partial charge on any atom is 0.404 e. The minimum atomic E-state index is -3.87. The minimum Gasteiger partial charge on any atom is -0.465 e. The highest BCUT2D eigenvalue weighted by atomic mass is 32.2. The number of nitrogens with zero attached hydrogens (tertiary/aromatic N) is 4. The molecule has 1 aliphatic rings. The average molecular weight is 528 g/mol. The Morgan fingerprint density at radius 3 is 2.63 bits per heavy atom. The van der Waals surface area contributed by atoms with Crippen molar-refractivity contribution in [1.82, 2.24) is 19.3 Å². The van der Waals surface area contributed by atoms with Crippen LogP contribution in [0.1, 0.15) is 12.0 Å². The molecule has 0 radical (unpaired) electrons. The lowest BCUT2D eigenvalue weighted by Gasteiger charge is -2.20. The molecule has 1 fully saturated rings. The number of aryl methyl sites for hydroxylation is 1. The molecule has 9 nitrogen and oxygen atoms in total. The van der Waals surface area contributed by atoms with Crippen molar-refractivity contribution >= 4 is 43.7 Å². The summed E-state index contributed by atoms with van der Waals surface area (Å²) in [6.07, 6.45) is 4.66. The molecule has 10 heteroatoms. The molecule has 3 aromatic heterocycles. The van der Waals surface area contributed by atoms with E-state index in [4.69, 9.17) is 5.11 Å². The third-order valence-electron chi connectivity index (χ3n) is 7.00. The van der Waals surface area contributed by atoms with E-state index in [9.17, 15) is 13.2 Å². The number of pyridine rings is 2. The van der Waals surface area contributed by atoms with Gasteiger partial charge < -0.3 is 15.3 Å². The molecule has 0 aliphatic carbocycles. The van der Waals surface area contributed by atoms with Crippen LogP contribution in [0.3, 0.4) is 0 Å². The Hall–Kier alpha value is -4.44. The van der Waals surface area contributed by atoms with Gasteiger partial charge in [0.2, 0.25) is 0 Å². The largest absolute Gasteiger partial charge is 0.465 e. The smallest absolute Gasteiger partial charge is 0.404 e. The van der Waals surface area contributed by atoms with E-state index in [0.29, 0.717) is 25.2 Å². The first-order valence-corrected chi connectivity index (χ1v) is 13.7. The standard InChI is InChI=1S/C28H25N5O4S/c1-18-4-7-21(8-5-18)38(36,37)33-17-24(22-3-2-12-30-27(22)33)19-6-9-25-23(15-19)26(10-13-29-25)32-14-11-20(16-32)31-28(34)35/h2-10,12-13,15,17,20,31H,11,14,16H2,1H3,(H,34,35)/t20-/m0/s1. The summed E-state index contributed by atoms with van der Waals surface area (Å²) in [5.74, 6) is 0. The van der Waals surface area contributed by atoms with Gasteiger partial charge in [-0.3, -0.25) is 4.98 Å². The van der Waals surface area contributed by atoms with Gasteiger partial charge in [0.1, 0.15) is 0 Å². The van der Waals surface area contributed by atoms with Gasteiger partial charge >= 0.3 is 6.09 Å². The van der Waals surface area contributed by atoms with Crippen LogP contribution in [-0.4, -0.2) is 52.7 Å². The first-order chi connectivity index (χ1) is 18.3. The monoisotopic (exact) mass is 527 g/mol. The van der Waals surface area contributed by atoms with Crippen molar-refractivity contribution in [2.24, 2.45) is 0 Å². The molecule has 4 heterocycles. The minimum absolute atomic E-state index is 0.144. The molecule has 5 aromatic rings. The number of hydrogen-bond acceptors (Lipinski definition) is 6. The van der Waals surface area contributed by atoms with E-state index in [-0.39, 0.29) is 10.9 Å². The van der Waals surface area contributed by atoms with Crippen molar-refractivity contribution in [3.05, 3.63) is 84.8 Å². The Kier molecular flexibility index (Phi) is 5.76. The fraction of sp³-hybridized carbons (Fsp3) is 0.179. The third kappa shape index (κ3) is 4.12. The van der Waals surface area contributed by atoms with Crippen LogP contribution in [-0.2, 0) is 10.0 Å². The fourth-order valence-electron chi connectivity index (χ4n) is 5.11. The van der Waals surface area contributed by atoms with Gasteiger partial charge in [-0.05, 0) is 61.4 Å². The molecule has 1 amide bonds. The molecule has 2 aromatic carbocycles. The van der Waals surface area contributed by atoms with E-state index >= 15 is 0 Å². The zero-order chi connectivity index (χ0) is 26.4. The van der Waals surface area contributed by atoms with Gasteiger partial charge in [0.25, 0.3) is 10.0 Å². The Balaban J connectivity index is 1.46. The van der Waals surface area contributed by atoms with Gasteiger partial charge in [-0.1, -0.05) is 23.8 Å². The molecular weight excluding hydrogens is 502 g/mol. The maximum atomic E-state index is 13.6. The molecule has 6 rings (SSSR count). The summed E-state index contributed by atoms with van der Waals surface area (Å²) < 4.78 is 28.5. The van der Waals surface area contributed by atoms with Crippen LogP contribution in [0, 0.1) is 6.92 Å². The quantitative estimate of drug-likeness (QED) is 0.342. The third-order valence-corrected chi connectivity index (χ3v) is 8.66. The van der Waals surface area contributed by atoms with E-state index in [0.717, 1.165) is 38.7 Å². The topological polar surface area (TPSA) is 117 Å². The molecule has 38 heavy (non-hydrogen) atoms. The van der Waals surface area contributed by atoms with Crippen LogP contribution >= 0.6 is 0 Å². The van der Waals surface area contributed by atoms with E-state index in [2.05, 4.69) is 20.2 Å². The number of carbonyl (C=O) groups is 1. The number of hydrogen-bond donors (Lipinski definition) is 2. The highest BCUT2D eigenvalue weighted by Crippen LogP contribution is 2.36. The van der Waals surface area contributed by atoms with Crippen LogP contribution in [0.25, 0.3) is 33.1 Å². The SMILES string of the molecule is Cc1ccc(S(=O)(=O)n2cc(-c3ccc4nccc(N5CC[C@H](NC(=O)O)C5)c4c3)c3cccnc32)cc1. The summed E-state index contributed by atoms with van der Waals surface area (Å²) in [5.41, 5.74) is 4.67. The summed E-state index contributed by atoms with van der Waals surface area (Å²) in [6.45, 7) is 3.19. The number of nitrogens with one attached hydrogen (secondary N) is 1. The molecule has 1 saturated heterocycles. The number of rotatable bonds is 5. The number of anilines is 1. The van der Waals surface area contributed by atoms with Crippen molar-refractivity contribution in [3.63, 3.8) is 0 Å². The second-order valence-corrected chi connectivity index (χ2v) is 11.3. The van der Waals surface area contributed by atoms with Gasteiger partial charge in [-0.2, -0.15) is 0 Å². The normalized spacial score (nSPS) is 15.8. The molecule has 192 valence electrons. The zero-order valence-electron chi connectivity index (χ0n) is 20.6. The van der Waals surface area contributed by atoms with E-state index < -0.39 is 16.1 Å². The number of carboxylic acid groups (broad SMARTS) is 1. The lowest BCUT2D eigenvalue weighted by molar-refractivity contribution is 0.191. The molecule has 2 N–H and O–H groups in total. The van der Waals surface area contributed by atoms with E-state index in [1.54, 1.807) is 48.9 Å². The molecule has 0 saturated carbocycles. The van der Waals surface area contributed by atoms with Crippen LogP contribution in [0.5, 0.6) is 0 Å². The van der Waals surface area contributed by atoms with Gasteiger partial charge in [0, 0.05) is 53.7 Å². The van der Waals surface area contributed by atoms with Gasteiger partial charge in [-0.15, -0.1) is 0 Å². The number of benzene rings is 2. The Labute approximate surface area is 219 Å². The molecule has 1 aliphatic heterocycles. The zero-order valence-corrected chi connectivity index (χ0v) is 21.4. The van der Waals surface area contributed by atoms with E-state index in [1.165, 1.54) is 3.97 Å². The highest BCUT2D eigenvalue weighted by molar-refractivity contribution is 7.90. The summed E-state index contributed by atoms with van der Waals surface area (Å²) in [6, 6.07) is 18.1.